The molecule has 34 heavy (non-hydrogen) atoms. The van der Waals surface area contributed by atoms with Gasteiger partial charge < -0.3 is 24.3 Å². The second-order valence-electron chi connectivity index (χ2n) is 8.39. The second kappa shape index (κ2) is 9.63. The maximum absolute atomic E-state index is 13.6. The Balaban J connectivity index is 1.82. The van der Waals surface area contributed by atoms with Gasteiger partial charge in [-0.1, -0.05) is 18.2 Å². The number of ether oxygens (including phenoxy) is 4. The summed E-state index contributed by atoms with van der Waals surface area (Å²) in [6, 6.07) is 13.2. The van der Waals surface area contributed by atoms with E-state index >= 15 is 0 Å². The van der Waals surface area contributed by atoms with E-state index in [1.807, 2.05) is 37.3 Å². The van der Waals surface area contributed by atoms with Crippen molar-refractivity contribution in [3.8, 4) is 17.2 Å². The average molecular weight is 464 g/mol. The third-order valence-electron chi connectivity index (χ3n) is 6.57. The first-order valence-electron chi connectivity index (χ1n) is 11.1. The molecule has 0 bridgehead atoms. The number of nitrogens with one attached hydrogen (secondary N) is 1. The first-order chi connectivity index (χ1) is 16.4. The van der Waals surface area contributed by atoms with E-state index in [1.54, 1.807) is 33.5 Å². The fourth-order valence-corrected chi connectivity index (χ4v) is 4.90. The second-order valence-corrected chi connectivity index (χ2v) is 8.39. The zero-order valence-electron chi connectivity index (χ0n) is 20.1. The fourth-order valence-electron chi connectivity index (χ4n) is 4.90. The minimum Gasteiger partial charge on any atom is -0.497 e. The van der Waals surface area contributed by atoms with Gasteiger partial charge in [0.2, 0.25) is 0 Å². The van der Waals surface area contributed by atoms with Crippen molar-refractivity contribution in [1.29, 1.82) is 0 Å². The molecule has 0 fully saturated rings. The van der Waals surface area contributed by atoms with Crippen LogP contribution in [0.5, 0.6) is 17.2 Å². The summed E-state index contributed by atoms with van der Waals surface area (Å²) in [4.78, 5) is 26.5. The molecule has 0 saturated carbocycles. The molecule has 1 aliphatic carbocycles. The van der Waals surface area contributed by atoms with E-state index in [9.17, 15) is 9.59 Å². The number of hydrogen-bond donors (Lipinski definition) is 1. The summed E-state index contributed by atoms with van der Waals surface area (Å²) >= 11 is 0. The molecule has 1 aliphatic heterocycles. The summed E-state index contributed by atoms with van der Waals surface area (Å²) in [5.41, 5.74) is 4.26. The van der Waals surface area contributed by atoms with Crippen LogP contribution in [0, 0.1) is 0 Å². The first-order valence-corrected chi connectivity index (χ1v) is 11.1. The van der Waals surface area contributed by atoms with Crippen LogP contribution in [-0.4, -0.2) is 40.2 Å². The van der Waals surface area contributed by atoms with E-state index in [2.05, 4.69) is 5.32 Å². The summed E-state index contributed by atoms with van der Waals surface area (Å²) in [7, 11) is 6.11. The number of methoxy groups -OCH3 is 4. The van der Waals surface area contributed by atoms with Crippen LogP contribution < -0.4 is 19.5 Å². The van der Waals surface area contributed by atoms with Gasteiger partial charge in [0.1, 0.15) is 17.2 Å². The Bertz CT molecular complexity index is 1180. The number of carbonyl (C=O) groups excluding carboxylic acids is 2. The van der Waals surface area contributed by atoms with Crippen LogP contribution in [0.15, 0.2) is 65.0 Å². The third-order valence-corrected chi connectivity index (χ3v) is 6.57. The molecule has 0 aromatic heterocycles. The molecular formula is C27H29NO6. The molecule has 4 rings (SSSR count). The maximum atomic E-state index is 13.6. The zero-order chi connectivity index (χ0) is 24.4. The molecule has 2 aliphatic rings. The molecule has 0 amide bonds. The number of Topliss-reactive ketones (excluding diaryl/α,β-unsaturated/α-hetero) is 1. The third kappa shape index (κ3) is 4.14. The number of rotatable bonds is 6. The van der Waals surface area contributed by atoms with Gasteiger partial charge in [-0.2, -0.15) is 0 Å². The Kier molecular flexibility index (Phi) is 6.63. The van der Waals surface area contributed by atoms with Gasteiger partial charge in [0.05, 0.1) is 39.9 Å². The molecule has 0 saturated heterocycles. The highest BCUT2D eigenvalue weighted by Gasteiger charge is 2.42. The van der Waals surface area contributed by atoms with Gasteiger partial charge in [0.15, 0.2) is 5.78 Å². The summed E-state index contributed by atoms with van der Waals surface area (Å²) in [6.45, 7) is 1.83. The highest BCUT2D eigenvalue weighted by molar-refractivity contribution is 6.04. The van der Waals surface area contributed by atoms with E-state index in [1.165, 1.54) is 7.11 Å². The van der Waals surface area contributed by atoms with Crippen LogP contribution in [0.25, 0.3) is 0 Å². The quantitative estimate of drug-likeness (QED) is 0.642. The fraction of sp³-hybridized carbons (Fsp3) is 0.333. The van der Waals surface area contributed by atoms with Gasteiger partial charge in [-0.15, -0.1) is 0 Å². The molecule has 0 spiro atoms. The lowest BCUT2D eigenvalue weighted by molar-refractivity contribution is -0.136. The van der Waals surface area contributed by atoms with Crippen LogP contribution in [-0.2, 0) is 14.3 Å². The molecule has 2 aromatic rings. The number of esters is 1. The molecule has 2 atom stereocenters. The molecular weight excluding hydrogens is 434 g/mol. The highest BCUT2D eigenvalue weighted by atomic mass is 16.5. The van der Waals surface area contributed by atoms with Crippen LogP contribution in [0.4, 0.5) is 0 Å². The van der Waals surface area contributed by atoms with Crippen molar-refractivity contribution in [3.05, 3.63) is 76.1 Å². The van der Waals surface area contributed by atoms with E-state index in [0.29, 0.717) is 46.7 Å². The largest absolute Gasteiger partial charge is 0.497 e. The molecule has 7 heteroatoms. The minimum absolute atomic E-state index is 0.00802. The van der Waals surface area contributed by atoms with E-state index < -0.39 is 11.9 Å². The molecule has 178 valence electrons. The standard InChI is InChI=1S/C27H29NO6/c1-15-24(27(30)34-5)25(20-11-10-19(32-3)14-23(20)33-4)26-21(28-15)12-17(13-22(26)29)16-6-8-18(31-2)9-7-16/h6-11,14,17,25,28H,12-13H2,1-5H3/t17-,25-/m0/s1. The molecule has 0 unspecified atom stereocenters. The van der Waals surface area contributed by atoms with Crippen molar-refractivity contribution >= 4 is 11.8 Å². The Hall–Kier alpha value is -3.74. The summed E-state index contributed by atoms with van der Waals surface area (Å²) in [5.74, 6) is 0.867. The van der Waals surface area contributed by atoms with Crippen molar-refractivity contribution in [1.82, 2.24) is 5.32 Å². The molecule has 1 N–H and O–H groups in total. The summed E-state index contributed by atoms with van der Waals surface area (Å²) in [5, 5.41) is 3.34. The molecule has 1 heterocycles. The van der Waals surface area contributed by atoms with Crippen LogP contribution in [0.3, 0.4) is 0 Å². The van der Waals surface area contributed by atoms with Gasteiger partial charge in [-0.3, -0.25) is 4.79 Å². The smallest absolute Gasteiger partial charge is 0.336 e. The molecule has 0 radical (unpaired) electrons. The number of allylic oxidation sites excluding steroid dienone is 3. The topological polar surface area (TPSA) is 83.1 Å². The Morgan fingerprint density at radius 1 is 0.912 bits per heavy atom. The summed E-state index contributed by atoms with van der Waals surface area (Å²) in [6.07, 6.45) is 0.990. The maximum Gasteiger partial charge on any atom is 0.336 e. The number of carbonyl (C=O) groups is 2. The van der Waals surface area contributed by atoms with Crippen molar-refractivity contribution in [2.24, 2.45) is 0 Å². The predicted molar refractivity (Wildman–Crippen MR) is 127 cm³/mol. The molecule has 2 aromatic carbocycles. The zero-order valence-corrected chi connectivity index (χ0v) is 20.1. The number of hydrogen-bond acceptors (Lipinski definition) is 7. The lowest BCUT2D eigenvalue weighted by Gasteiger charge is -2.37. The minimum atomic E-state index is -0.603. The first kappa shape index (κ1) is 23.4. The lowest BCUT2D eigenvalue weighted by Crippen LogP contribution is -2.36. The lowest BCUT2D eigenvalue weighted by atomic mass is 9.71. The van der Waals surface area contributed by atoms with Gasteiger partial charge in [0.25, 0.3) is 0 Å². The van der Waals surface area contributed by atoms with Crippen LogP contribution >= 0.6 is 0 Å². The van der Waals surface area contributed by atoms with E-state index in [4.69, 9.17) is 18.9 Å². The van der Waals surface area contributed by atoms with Crippen molar-refractivity contribution in [2.75, 3.05) is 28.4 Å². The van der Waals surface area contributed by atoms with Crippen LogP contribution in [0.2, 0.25) is 0 Å². The van der Waals surface area contributed by atoms with Crippen LogP contribution in [0.1, 0.15) is 42.7 Å². The number of benzene rings is 2. The Labute approximate surface area is 199 Å². The van der Waals surface area contributed by atoms with Gasteiger partial charge in [-0.25, -0.2) is 4.79 Å². The predicted octanol–water partition coefficient (Wildman–Crippen LogP) is 4.25. The Morgan fingerprint density at radius 3 is 2.21 bits per heavy atom. The van der Waals surface area contributed by atoms with Gasteiger partial charge in [-0.05, 0) is 43.0 Å². The highest BCUT2D eigenvalue weighted by Crippen LogP contribution is 2.48. The normalized spacial score (nSPS) is 19.9. The Morgan fingerprint density at radius 2 is 1.59 bits per heavy atom. The van der Waals surface area contributed by atoms with E-state index in [-0.39, 0.29) is 11.7 Å². The van der Waals surface area contributed by atoms with Gasteiger partial charge >= 0.3 is 5.97 Å². The van der Waals surface area contributed by atoms with E-state index in [0.717, 1.165) is 17.0 Å². The van der Waals surface area contributed by atoms with Crippen molar-refractivity contribution in [3.63, 3.8) is 0 Å². The average Bonchev–Trinajstić information content (AvgIpc) is 2.86. The van der Waals surface area contributed by atoms with Crippen molar-refractivity contribution < 1.29 is 28.5 Å². The summed E-state index contributed by atoms with van der Waals surface area (Å²) < 4.78 is 21.4. The molecule has 7 nitrogen and oxygen atoms in total. The monoisotopic (exact) mass is 463 g/mol. The SMILES string of the molecule is COC(=O)C1=C(C)NC2=C(C(=O)C[C@@H](c3ccc(OC)cc3)C2)[C@H]1c1ccc(OC)cc1OC. The van der Waals surface area contributed by atoms with Gasteiger partial charge in [0, 0.05) is 35.0 Å². The number of dihydropyridines is 1. The number of ketones is 1. The van der Waals surface area contributed by atoms with Crippen molar-refractivity contribution in [2.45, 2.75) is 31.6 Å².